The maximum absolute atomic E-state index is 15.5. The van der Waals surface area contributed by atoms with Gasteiger partial charge in [-0.05, 0) is 94.3 Å². The van der Waals surface area contributed by atoms with Gasteiger partial charge in [-0.2, -0.15) is 0 Å². The van der Waals surface area contributed by atoms with E-state index in [4.69, 9.17) is 52.4 Å². The number of imide groups is 1. The molecule has 8 rings (SSSR count). The van der Waals surface area contributed by atoms with E-state index in [1.165, 1.54) is 50.5 Å². The zero-order valence-electron chi connectivity index (χ0n) is 56.6. The number of rotatable bonds is 41. The van der Waals surface area contributed by atoms with Gasteiger partial charge in [-0.15, -0.1) is 0 Å². The van der Waals surface area contributed by atoms with Crippen molar-refractivity contribution in [3.05, 3.63) is 104 Å². The number of nitrogens with zero attached hydrogens (tertiary/aromatic N) is 3. The van der Waals surface area contributed by atoms with Crippen LogP contribution in [0.2, 0.25) is 0 Å². The van der Waals surface area contributed by atoms with Crippen molar-refractivity contribution in [3.63, 3.8) is 0 Å². The van der Waals surface area contributed by atoms with E-state index in [0.717, 1.165) is 10.5 Å². The number of benzene rings is 2. The summed E-state index contributed by atoms with van der Waals surface area (Å²) in [7, 11) is 0. The molecule has 0 bridgehead atoms. The Morgan fingerprint density at radius 3 is 1.88 bits per heavy atom. The Balaban J connectivity index is 0.619. The summed E-state index contributed by atoms with van der Waals surface area (Å²) < 4.78 is 71.5. The van der Waals surface area contributed by atoms with E-state index < -0.39 is 88.1 Å². The highest BCUT2D eigenvalue weighted by atomic mass is 19.1. The number of pyridine rings is 2. The number of hydrogen-bond donors (Lipinski definition) is 7. The van der Waals surface area contributed by atoms with Gasteiger partial charge in [0.05, 0.1) is 141 Å². The van der Waals surface area contributed by atoms with Gasteiger partial charge >= 0.3 is 12.1 Å². The fourth-order valence-electron chi connectivity index (χ4n) is 11.3. The summed E-state index contributed by atoms with van der Waals surface area (Å²) >= 11 is 0. The van der Waals surface area contributed by atoms with Crippen LogP contribution < -0.4 is 37.5 Å². The number of amides is 8. The topological polar surface area (TPSA) is 376 Å². The Morgan fingerprint density at radius 1 is 0.727 bits per heavy atom. The SMILES string of the molecule is CC[C@@]1(O)C(=O)OCc2c1cc1n(c2=O)Cc2c-1nc1cc(F)c(C)c3c1c2[C@@H](NC(=O)C(C)(C)NC(=O)OCc1ccc(NC(=O)[C@H](C)NC(=O)[C@H](C)NC(=O)CCOCCOCCOCCOCCOCCOCCOCCOCCNC(=O)CCN2C(=O)C=CC2=O)cc1)CC3. The summed E-state index contributed by atoms with van der Waals surface area (Å²) in [4.78, 5) is 134. The van der Waals surface area contributed by atoms with E-state index in [2.05, 4.69) is 31.9 Å². The van der Waals surface area contributed by atoms with Gasteiger partial charge in [-0.25, -0.2) is 19.0 Å². The molecule has 2 aromatic heterocycles. The van der Waals surface area contributed by atoms with Gasteiger partial charge in [-0.1, -0.05) is 19.1 Å². The van der Waals surface area contributed by atoms with Crippen LogP contribution in [0.5, 0.6) is 0 Å². The van der Waals surface area contributed by atoms with E-state index in [1.54, 1.807) is 44.2 Å². The Labute approximate surface area is 570 Å². The summed E-state index contributed by atoms with van der Waals surface area (Å²) in [6.45, 7) is 14.6. The first kappa shape index (κ1) is 76.1. The number of hydrogen-bond acceptors (Lipinski definition) is 22. The lowest BCUT2D eigenvalue weighted by Gasteiger charge is -2.33. The van der Waals surface area contributed by atoms with Crippen LogP contribution in [0.1, 0.15) is 105 Å². The number of carbonyl (C=O) groups excluding carboxylic acids is 9. The number of carbonyl (C=O) groups is 9. The van der Waals surface area contributed by atoms with Crippen molar-refractivity contribution >= 4 is 70.0 Å². The molecular formula is C68H88FN9O21. The lowest BCUT2D eigenvalue weighted by molar-refractivity contribution is -0.172. The van der Waals surface area contributed by atoms with Gasteiger partial charge < -0.3 is 88.9 Å². The minimum absolute atomic E-state index is 0.0151. The predicted molar refractivity (Wildman–Crippen MR) is 351 cm³/mol. The number of aryl methyl sites for hydroxylation is 1. The standard InChI is InChI=1S/C68H88FN9O21/c1-7-68(89)49-36-53-60-47(38-78(53)63(85)48(49)40-98-65(68)87)59-51(13-12-46-41(2)50(69)37-52(74-60)58(46)59)75-64(86)67(5,6)76-66(88)99-39-44-8-10-45(11-9-44)73-62(84)43(4)72-61(83)42(3)71-55(80)17-20-90-22-24-92-26-28-94-30-32-96-34-35-97-33-31-95-29-27-93-25-23-91-21-18-70-54(79)16-19-77-56(81)14-15-57(77)82/h8-11,14-15,36-37,42-43,51,89H,7,12-13,16-35,38-40H2,1-6H3,(H,70,79)(H,71,80)(H,72,83)(H,73,84)(H,75,86)(H,76,88)/t42-,43-,51-,68-/m0/s1. The fraction of sp³-hybridized carbons (Fsp3) is 0.544. The fourth-order valence-corrected chi connectivity index (χ4v) is 11.3. The second-order valence-electron chi connectivity index (χ2n) is 24.3. The second-order valence-corrected chi connectivity index (χ2v) is 24.3. The van der Waals surface area contributed by atoms with Gasteiger partial charge in [0, 0.05) is 66.4 Å². The Bertz CT molecular complexity index is 3660. The first-order valence-electron chi connectivity index (χ1n) is 33.0. The number of cyclic esters (lactones) is 1. The van der Waals surface area contributed by atoms with Crippen LogP contribution in [-0.2, 0) is 118 Å². The second kappa shape index (κ2) is 36.4. The van der Waals surface area contributed by atoms with Gasteiger partial charge in [-0.3, -0.25) is 43.3 Å². The maximum atomic E-state index is 15.5. The average Bonchev–Trinajstić information content (AvgIpc) is 1.60. The number of aromatic nitrogens is 2. The maximum Gasteiger partial charge on any atom is 0.408 e. The molecule has 0 saturated carbocycles. The van der Waals surface area contributed by atoms with Crippen molar-refractivity contribution in [1.82, 2.24) is 41.0 Å². The highest BCUT2D eigenvalue weighted by Crippen LogP contribution is 2.46. The smallest absolute Gasteiger partial charge is 0.408 e. The van der Waals surface area contributed by atoms with Crippen LogP contribution in [0.25, 0.3) is 22.3 Å². The third-order valence-electron chi connectivity index (χ3n) is 16.9. The monoisotopic (exact) mass is 1390 g/mol. The summed E-state index contributed by atoms with van der Waals surface area (Å²) in [6, 6.07) is 6.67. The molecule has 7 N–H and O–H groups in total. The summed E-state index contributed by atoms with van der Waals surface area (Å²) in [5.41, 5.74) is 0.559. The molecule has 538 valence electrons. The Hall–Kier alpha value is -8.66. The van der Waals surface area contributed by atoms with Crippen LogP contribution in [0.15, 0.2) is 53.3 Å². The van der Waals surface area contributed by atoms with Crippen molar-refractivity contribution in [3.8, 4) is 11.4 Å². The zero-order chi connectivity index (χ0) is 71.2. The lowest BCUT2D eigenvalue weighted by atomic mass is 9.81. The summed E-state index contributed by atoms with van der Waals surface area (Å²) in [5.74, 6) is -4.56. The minimum atomic E-state index is -2.06. The summed E-state index contributed by atoms with van der Waals surface area (Å²) in [6.07, 6.45) is 2.16. The summed E-state index contributed by atoms with van der Waals surface area (Å²) in [5, 5.41) is 28.4. The molecule has 0 fully saturated rings. The molecule has 99 heavy (non-hydrogen) atoms. The van der Waals surface area contributed by atoms with Gasteiger partial charge in [0.1, 0.15) is 36.7 Å². The number of ether oxygens (including phenoxy) is 10. The molecular weight excluding hydrogens is 1300 g/mol. The van der Waals surface area contributed by atoms with Crippen molar-refractivity contribution in [2.45, 2.75) is 123 Å². The van der Waals surface area contributed by atoms with E-state index in [-0.39, 0.29) is 82.4 Å². The molecule has 8 amide bonds. The molecule has 31 heteroatoms. The van der Waals surface area contributed by atoms with E-state index in [9.17, 15) is 53.1 Å². The highest BCUT2D eigenvalue weighted by Gasteiger charge is 2.46. The van der Waals surface area contributed by atoms with Crippen molar-refractivity contribution in [2.75, 3.05) is 124 Å². The average molecular weight is 1390 g/mol. The van der Waals surface area contributed by atoms with Crippen molar-refractivity contribution < 1.29 is 100 Å². The molecule has 2 aromatic carbocycles. The van der Waals surface area contributed by atoms with Crippen molar-refractivity contribution in [2.24, 2.45) is 0 Å². The highest BCUT2D eigenvalue weighted by molar-refractivity contribution is 6.13. The molecule has 1 aliphatic carbocycles. The number of nitrogens with one attached hydrogen (secondary N) is 6. The first-order valence-corrected chi connectivity index (χ1v) is 33.0. The number of halogens is 1. The molecule has 4 atom stereocenters. The number of anilines is 1. The third kappa shape index (κ3) is 20.5. The predicted octanol–water partition coefficient (Wildman–Crippen LogP) is 2.24. The minimum Gasteiger partial charge on any atom is -0.458 e. The first-order chi connectivity index (χ1) is 47.5. The number of fused-ring (bicyclic) bond motifs is 5. The Kier molecular flexibility index (Phi) is 28.0. The molecule has 0 spiro atoms. The molecule has 5 heterocycles. The molecule has 0 saturated heterocycles. The molecule has 30 nitrogen and oxygen atoms in total. The third-order valence-corrected chi connectivity index (χ3v) is 16.9. The van der Waals surface area contributed by atoms with Crippen LogP contribution in [0.4, 0.5) is 14.9 Å². The van der Waals surface area contributed by atoms with E-state index >= 15 is 4.39 Å². The van der Waals surface area contributed by atoms with E-state index in [0.29, 0.717) is 156 Å². The van der Waals surface area contributed by atoms with E-state index in [1.807, 2.05) is 0 Å². The van der Waals surface area contributed by atoms with Crippen LogP contribution >= 0.6 is 0 Å². The lowest BCUT2D eigenvalue weighted by Crippen LogP contribution is -2.55. The van der Waals surface area contributed by atoms with Gasteiger partial charge in [0.2, 0.25) is 29.5 Å². The van der Waals surface area contributed by atoms with Crippen LogP contribution in [0, 0.1) is 12.7 Å². The quantitative estimate of drug-likeness (QED) is 0.0168. The Morgan fingerprint density at radius 2 is 1.29 bits per heavy atom. The number of alkyl carbamates (subject to hydrolysis) is 1. The number of esters is 1. The molecule has 4 aromatic rings. The molecule has 4 aliphatic rings. The van der Waals surface area contributed by atoms with Gasteiger partial charge in [0.25, 0.3) is 17.4 Å². The molecule has 3 aliphatic heterocycles. The van der Waals surface area contributed by atoms with Crippen LogP contribution in [0.3, 0.4) is 0 Å². The normalized spacial score (nSPS) is 16.5. The van der Waals surface area contributed by atoms with Gasteiger partial charge in [0.15, 0.2) is 5.60 Å². The molecule has 0 radical (unpaired) electrons. The van der Waals surface area contributed by atoms with Crippen molar-refractivity contribution in [1.29, 1.82) is 0 Å². The largest absolute Gasteiger partial charge is 0.458 e. The van der Waals surface area contributed by atoms with Crippen LogP contribution in [-0.4, -0.2) is 209 Å². The molecule has 0 unspecified atom stereocenters. The zero-order valence-corrected chi connectivity index (χ0v) is 56.6. The number of aliphatic hydroxyl groups is 1.